The Morgan fingerprint density at radius 3 is 2.26 bits per heavy atom. The van der Waals surface area contributed by atoms with Crippen molar-refractivity contribution >= 4 is 5.91 Å². The molecular formula is C18H26N4O. The molecule has 0 saturated heterocycles. The Morgan fingerprint density at radius 1 is 1.04 bits per heavy atom. The van der Waals surface area contributed by atoms with Crippen LogP contribution in [0, 0.1) is 0 Å². The van der Waals surface area contributed by atoms with Crippen molar-refractivity contribution in [3.8, 4) is 5.69 Å². The van der Waals surface area contributed by atoms with E-state index in [1.807, 2.05) is 46.9 Å². The molecule has 124 valence electrons. The van der Waals surface area contributed by atoms with E-state index in [9.17, 15) is 4.79 Å². The molecule has 0 aliphatic carbocycles. The quantitative estimate of drug-likeness (QED) is 0.752. The highest BCUT2D eigenvalue weighted by molar-refractivity contribution is 5.94. The van der Waals surface area contributed by atoms with Gasteiger partial charge < -0.3 is 14.4 Å². The molecule has 0 aliphatic heterocycles. The van der Waals surface area contributed by atoms with E-state index in [1.165, 1.54) is 0 Å². The standard InChI is InChI=1S/C18H26N4O/c1-4-20(5-2)13-14-21(6-3)18(23)16-7-9-17(10-8-16)22-12-11-19-15-22/h7-12,15H,4-6,13-14H2,1-3H3. The molecule has 1 heterocycles. The van der Waals surface area contributed by atoms with Crippen LogP contribution in [-0.4, -0.2) is 58.0 Å². The molecule has 0 radical (unpaired) electrons. The molecule has 0 unspecified atom stereocenters. The zero-order chi connectivity index (χ0) is 16.7. The molecule has 1 aromatic carbocycles. The Bertz CT molecular complexity index is 588. The van der Waals surface area contributed by atoms with Gasteiger partial charge in [-0.2, -0.15) is 0 Å². The molecule has 23 heavy (non-hydrogen) atoms. The molecule has 0 aliphatic rings. The van der Waals surface area contributed by atoms with Crippen molar-refractivity contribution in [2.24, 2.45) is 0 Å². The van der Waals surface area contributed by atoms with Gasteiger partial charge >= 0.3 is 0 Å². The Morgan fingerprint density at radius 2 is 1.74 bits per heavy atom. The number of benzene rings is 1. The van der Waals surface area contributed by atoms with Crippen molar-refractivity contribution in [2.45, 2.75) is 20.8 Å². The Hall–Kier alpha value is -2.14. The lowest BCUT2D eigenvalue weighted by molar-refractivity contribution is 0.0747. The fourth-order valence-electron chi connectivity index (χ4n) is 2.58. The molecule has 0 spiro atoms. The lowest BCUT2D eigenvalue weighted by Gasteiger charge is -2.25. The van der Waals surface area contributed by atoms with Gasteiger partial charge in [0.2, 0.25) is 0 Å². The van der Waals surface area contributed by atoms with Gasteiger partial charge in [-0.05, 0) is 44.3 Å². The number of imidazole rings is 1. The van der Waals surface area contributed by atoms with Gasteiger partial charge in [0.05, 0.1) is 6.33 Å². The maximum absolute atomic E-state index is 12.7. The van der Waals surface area contributed by atoms with Gasteiger partial charge in [-0.15, -0.1) is 0 Å². The largest absolute Gasteiger partial charge is 0.338 e. The van der Waals surface area contributed by atoms with Crippen LogP contribution in [0.5, 0.6) is 0 Å². The van der Waals surface area contributed by atoms with Crippen LogP contribution in [0.4, 0.5) is 0 Å². The summed E-state index contributed by atoms with van der Waals surface area (Å²) in [5, 5.41) is 0. The van der Waals surface area contributed by atoms with Gasteiger partial charge in [0, 0.05) is 43.3 Å². The SMILES string of the molecule is CCN(CC)CCN(CC)C(=O)c1ccc(-n2ccnc2)cc1. The zero-order valence-electron chi connectivity index (χ0n) is 14.3. The third kappa shape index (κ3) is 4.42. The van der Waals surface area contributed by atoms with Crippen molar-refractivity contribution in [3.05, 3.63) is 48.5 Å². The van der Waals surface area contributed by atoms with E-state index < -0.39 is 0 Å². The Labute approximate surface area is 138 Å². The van der Waals surface area contributed by atoms with Gasteiger partial charge in [0.15, 0.2) is 0 Å². The van der Waals surface area contributed by atoms with Crippen LogP contribution in [-0.2, 0) is 0 Å². The van der Waals surface area contributed by atoms with Gasteiger partial charge in [-0.1, -0.05) is 13.8 Å². The second kappa shape index (κ2) is 8.48. The number of carbonyl (C=O) groups is 1. The zero-order valence-corrected chi connectivity index (χ0v) is 14.3. The summed E-state index contributed by atoms with van der Waals surface area (Å²) < 4.78 is 1.92. The molecule has 0 bridgehead atoms. The van der Waals surface area contributed by atoms with Gasteiger partial charge in [0.1, 0.15) is 0 Å². The number of hydrogen-bond acceptors (Lipinski definition) is 3. The number of aromatic nitrogens is 2. The lowest BCUT2D eigenvalue weighted by atomic mass is 10.1. The van der Waals surface area contributed by atoms with E-state index in [0.29, 0.717) is 0 Å². The van der Waals surface area contributed by atoms with E-state index in [0.717, 1.165) is 44.0 Å². The second-order valence-corrected chi connectivity index (χ2v) is 5.43. The third-order valence-electron chi connectivity index (χ3n) is 4.17. The second-order valence-electron chi connectivity index (χ2n) is 5.43. The predicted octanol–water partition coefficient (Wildman–Crippen LogP) is 2.68. The van der Waals surface area contributed by atoms with E-state index in [2.05, 4.69) is 23.7 Å². The molecule has 0 N–H and O–H groups in total. The Kier molecular flexibility index (Phi) is 6.35. The molecule has 0 fully saturated rings. The number of likely N-dealkylation sites (N-methyl/N-ethyl adjacent to an activating group) is 2. The maximum Gasteiger partial charge on any atom is 0.253 e. The van der Waals surface area contributed by atoms with Crippen molar-refractivity contribution in [1.29, 1.82) is 0 Å². The van der Waals surface area contributed by atoms with Crippen LogP contribution in [0.3, 0.4) is 0 Å². The lowest BCUT2D eigenvalue weighted by Crippen LogP contribution is -2.38. The minimum atomic E-state index is 0.0943. The van der Waals surface area contributed by atoms with Gasteiger partial charge in [-0.3, -0.25) is 4.79 Å². The summed E-state index contributed by atoms with van der Waals surface area (Å²) in [4.78, 5) is 20.9. The number of rotatable bonds is 8. The summed E-state index contributed by atoms with van der Waals surface area (Å²) >= 11 is 0. The van der Waals surface area contributed by atoms with Crippen LogP contribution in [0.2, 0.25) is 0 Å². The molecule has 0 atom stereocenters. The first-order valence-electron chi connectivity index (χ1n) is 8.29. The molecule has 5 nitrogen and oxygen atoms in total. The highest BCUT2D eigenvalue weighted by atomic mass is 16.2. The molecule has 5 heteroatoms. The van der Waals surface area contributed by atoms with Crippen molar-refractivity contribution in [1.82, 2.24) is 19.4 Å². The van der Waals surface area contributed by atoms with Crippen molar-refractivity contribution in [3.63, 3.8) is 0 Å². The molecule has 2 rings (SSSR count). The minimum absolute atomic E-state index is 0.0943. The van der Waals surface area contributed by atoms with Crippen LogP contribution in [0.25, 0.3) is 5.69 Å². The van der Waals surface area contributed by atoms with Crippen molar-refractivity contribution in [2.75, 3.05) is 32.7 Å². The Balaban J connectivity index is 2.02. The average molecular weight is 314 g/mol. The first-order chi connectivity index (χ1) is 11.2. The first-order valence-corrected chi connectivity index (χ1v) is 8.29. The van der Waals surface area contributed by atoms with Gasteiger partial charge in [-0.25, -0.2) is 4.98 Å². The molecule has 1 aromatic heterocycles. The molecular weight excluding hydrogens is 288 g/mol. The van der Waals surface area contributed by atoms with E-state index in [1.54, 1.807) is 12.5 Å². The first kappa shape index (κ1) is 17.2. The summed E-state index contributed by atoms with van der Waals surface area (Å²) in [7, 11) is 0. The van der Waals surface area contributed by atoms with Crippen LogP contribution in [0.15, 0.2) is 43.0 Å². The monoisotopic (exact) mass is 314 g/mol. The average Bonchev–Trinajstić information content (AvgIpc) is 3.13. The topological polar surface area (TPSA) is 41.4 Å². The summed E-state index contributed by atoms with van der Waals surface area (Å²) in [5.74, 6) is 0.0943. The maximum atomic E-state index is 12.7. The summed E-state index contributed by atoms with van der Waals surface area (Å²) in [6.45, 7) is 10.8. The van der Waals surface area contributed by atoms with E-state index >= 15 is 0 Å². The summed E-state index contributed by atoms with van der Waals surface area (Å²) in [5.41, 5.74) is 1.74. The van der Waals surface area contributed by atoms with E-state index in [-0.39, 0.29) is 5.91 Å². The smallest absolute Gasteiger partial charge is 0.253 e. The normalized spacial score (nSPS) is 11.0. The number of amides is 1. The highest BCUT2D eigenvalue weighted by Crippen LogP contribution is 2.11. The molecule has 1 amide bonds. The fraction of sp³-hybridized carbons (Fsp3) is 0.444. The third-order valence-corrected chi connectivity index (χ3v) is 4.17. The highest BCUT2D eigenvalue weighted by Gasteiger charge is 2.14. The predicted molar refractivity (Wildman–Crippen MR) is 92.9 cm³/mol. The number of nitrogens with zero attached hydrogens (tertiary/aromatic N) is 4. The van der Waals surface area contributed by atoms with Gasteiger partial charge in [0.25, 0.3) is 5.91 Å². The number of carbonyl (C=O) groups excluding carboxylic acids is 1. The van der Waals surface area contributed by atoms with Crippen LogP contribution in [0.1, 0.15) is 31.1 Å². The fourth-order valence-corrected chi connectivity index (χ4v) is 2.58. The van der Waals surface area contributed by atoms with Crippen LogP contribution >= 0.6 is 0 Å². The summed E-state index contributed by atoms with van der Waals surface area (Å²) in [6, 6.07) is 7.68. The molecule has 2 aromatic rings. The minimum Gasteiger partial charge on any atom is -0.338 e. The van der Waals surface area contributed by atoms with Crippen LogP contribution < -0.4 is 0 Å². The van der Waals surface area contributed by atoms with Crippen molar-refractivity contribution < 1.29 is 4.79 Å². The number of hydrogen-bond donors (Lipinski definition) is 0. The molecule has 0 saturated carbocycles. The van der Waals surface area contributed by atoms with E-state index in [4.69, 9.17) is 0 Å². The summed E-state index contributed by atoms with van der Waals surface area (Å²) in [6.07, 6.45) is 5.38.